The lowest BCUT2D eigenvalue weighted by atomic mass is 9.85. The molecule has 1 heterocycles. The molecule has 1 aliphatic rings. The van der Waals surface area contributed by atoms with Crippen molar-refractivity contribution in [2.24, 2.45) is 23.7 Å². The maximum atomic E-state index is 11.4. The second-order valence-corrected chi connectivity index (χ2v) is 8.24. The predicted octanol–water partition coefficient (Wildman–Crippen LogP) is 5.36. The van der Waals surface area contributed by atoms with Gasteiger partial charge >= 0.3 is 5.97 Å². The maximum absolute atomic E-state index is 11.4. The molecule has 4 nitrogen and oxygen atoms in total. The van der Waals surface area contributed by atoms with Crippen LogP contribution in [0, 0.1) is 23.7 Å². The van der Waals surface area contributed by atoms with Crippen molar-refractivity contribution >= 4 is 5.97 Å². The van der Waals surface area contributed by atoms with E-state index < -0.39 is 0 Å². The average molecular weight is 369 g/mol. The van der Waals surface area contributed by atoms with E-state index >= 15 is 0 Å². The van der Waals surface area contributed by atoms with E-state index in [0.717, 1.165) is 32.5 Å². The van der Waals surface area contributed by atoms with Gasteiger partial charge in [0.2, 0.25) is 0 Å². The summed E-state index contributed by atoms with van der Waals surface area (Å²) < 4.78 is 16.5. The summed E-state index contributed by atoms with van der Waals surface area (Å²) in [6.45, 7) is 13.0. The highest BCUT2D eigenvalue weighted by Gasteiger charge is 2.18. The lowest BCUT2D eigenvalue weighted by Gasteiger charge is -2.26. The van der Waals surface area contributed by atoms with Crippen LogP contribution in [0.5, 0.6) is 0 Å². The smallest absolute Gasteiger partial charge is 0.330 e. The third-order valence-electron chi connectivity index (χ3n) is 4.94. The Morgan fingerprint density at radius 2 is 1.77 bits per heavy atom. The molecule has 1 saturated heterocycles. The van der Waals surface area contributed by atoms with Crippen molar-refractivity contribution in [1.82, 2.24) is 0 Å². The molecule has 0 aromatic heterocycles. The van der Waals surface area contributed by atoms with E-state index in [2.05, 4.69) is 27.7 Å². The Balaban J connectivity index is 2.19. The summed E-state index contributed by atoms with van der Waals surface area (Å²) in [5, 5.41) is 0. The van der Waals surface area contributed by atoms with Crippen LogP contribution in [0.15, 0.2) is 12.2 Å². The molecule has 1 aliphatic heterocycles. The van der Waals surface area contributed by atoms with Gasteiger partial charge in [0.25, 0.3) is 0 Å². The molecule has 1 fully saturated rings. The lowest BCUT2D eigenvalue weighted by Crippen LogP contribution is -2.25. The first-order valence-electron chi connectivity index (χ1n) is 10.5. The molecule has 0 amide bonds. The second kappa shape index (κ2) is 13.3. The van der Waals surface area contributed by atoms with Gasteiger partial charge < -0.3 is 14.2 Å². The highest BCUT2D eigenvalue weighted by molar-refractivity contribution is 5.81. The molecular formula is C22H40O4. The summed E-state index contributed by atoms with van der Waals surface area (Å²) in [5.74, 6) is 2.03. The summed E-state index contributed by atoms with van der Waals surface area (Å²) in [5.41, 5.74) is 0. The first kappa shape index (κ1) is 23.2. The first-order chi connectivity index (χ1) is 12.4. The SMILES string of the molecule is CCOC(=O)/C=C/[C@@H](C)C[C@@H](C)C[C@@H](C)C[C@H](C)COC1CCCCO1. The number of esters is 1. The normalized spacial score (nSPS) is 22.7. The summed E-state index contributed by atoms with van der Waals surface area (Å²) in [6, 6.07) is 0. The summed E-state index contributed by atoms with van der Waals surface area (Å²) >= 11 is 0. The zero-order valence-corrected chi connectivity index (χ0v) is 17.5. The molecule has 0 aromatic carbocycles. The van der Waals surface area contributed by atoms with Crippen LogP contribution in [0.4, 0.5) is 0 Å². The Labute approximate surface area is 160 Å². The van der Waals surface area contributed by atoms with E-state index in [1.807, 2.05) is 13.0 Å². The Hall–Kier alpha value is -0.870. The summed E-state index contributed by atoms with van der Waals surface area (Å²) in [4.78, 5) is 11.4. The molecule has 152 valence electrons. The van der Waals surface area contributed by atoms with Crippen LogP contribution < -0.4 is 0 Å². The molecular weight excluding hydrogens is 328 g/mol. The van der Waals surface area contributed by atoms with Gasteiger partial charge in [-0.2, -0.15) is 0 Å². The molecule has 0 spiro atoms. The van der Waals surface area contributed by atoms with Gasteiger partial charge in [-0.3, -0.25) is 0 Å². The molecule has 1 rings (SSSR count). The van der Waals surface area contributed by atoms with Crippen molar-refractivity contribution in [3.05, 3.63) is 12.2 Å². The molecule has 4 heteroatoms. The van der Waals surface area contributed by atoms with Crippen molar-refractivity contribution in [2.75, 3.05) is 19.8 Å². The molecule has 1 unspecified atom stereocenters. The van der Waals surface area contributed by atoms with Gasteiger partial charge in [0, 0.05) is 12.7 Å². The largest absolute Gasteiger partial charge is 0.463 e. The predicted molar refractivity (Wildman–Crippen MR) is 106 cm³/mol. The van der Waals surface area contributed by atoms with E-state index in [1.54, 1.807) is 6.08 Å². The molecule has 0 N–H and O–H groups in total. The minimum atomic E-state index is -0.240. The van der Waals surface area contributed by atoms with Crippen LogP contribution in [0.2, 0.25) is 0 Å². The molecule has 0 radical (unpaired) electrons. The molecule has 0 aromatic rings. The third-order valence-corrected chi connectivity index (χ3v) is 4.94. The van der Waals surface area contributed by atoms with E-state index in [9.17, 15) is 4.79 Å². The number of carbonyl (C=O) groups is 1. The number of hydrogen-bond donors (Lipinski definition) is 0. The zero-order chi connectivity index (χ0) is 19.4. The van der Waals surface area contributed by atoms with Gasteiger partial charge in [-0.05, 0) is 69.1 Å². The summed E-state index contributed by atoms with van der Waals surface area (Å²) in [6.07, 6.45) is 10.5. The molecule has 0 aliphatic carbocycles. The highest BCUT2D eigenvalue weighted by Crippen LogP contribution is 2.25. The first-order valence-corrected chi connectivity index (χ1v) is 10.5. The van der Waals surface area contributed by atoms with Crippen molar-refractivity contribution in [3.63, 3.8) is 0 Å². The summed E-state index contributed by atoms with van der Waals surface area (Å²) in [7, 11) is 0. The van der Waals surface area contributed by atoms with E-state index in [-0.39, 0.29) is 12.3 Å². The quantitative estimate of drug-likeness (QED) is 0.343. The van der Waals surface area contributed by atoms with Crippen LogP contribution in [0.1, 0.15) is 73.1 Å². The molecule has 26 heavy (non-hydrogen) atoms. The van der Waals surface area contributed by atoms with Crippen molar-refractivity contribution in [3.8, 4) is 0 Å². The fourth-order valence-electron chi connectivity index (χ4n) is 3.89. The Kier molecular flexibility index (Phi) is 11.9. The van der Waals surface area contributed by atoms with Crippen LogP contribution in [0.3, 0.4) is 0 Å². The maximum Gasteiger partial charge on any atom is 0.330 e. The Morgan fingerprint density at radius 1 is 1.08 bits per heavy atom. The van der Waals surface area contributed by atoms with Gasteiger partial charge in [-0.1, -0.05) is 33.8 Å². The van der Waals surface area contributed by atoms with Gasteiger partial charge in [-0.25, -0.2) is 4.79 Å². The standard InChI is InChI=1S/C22H40O4/c1-6-24-21(23)11-10-17(2)13-18(3)14-19(4)15-20(5)16-26-22-9-7-8-12-25-22/h10-11,17-20,22H,6-9,12-16H2,1-5H3/b11-10+/t17-,18-,19-,20+,22?/m1/s1. The number of allylic oxidation sites excluding steroid dienone is 1. The topological polar surface area (TPSA) is 44.8 Å². The van der Waals surface area contributed by atoms with Gasteiger partial charge in [0.05, 0.1) is 13.2 Å². The Bertz CT molecular complexity index is 401. The van der Waals surface area contributed by atoms with E-state index in [0.29, 0.717) is 30.3 Å². The number of rotatable bonds is 12. The number of ether oxygens (including phenoxy) is 3. The zero-order valence-electron chi connectivity index (χ0n) is 17.5. The Morgan fingerprint density at radius 3 is 2.42 bits per heavy atom. The van der Waals surface area contributed by atoms with Gasteiger partial charge in [0.15, 0.2) is 6.29 Å². The number of hydrogen-bond acceptors (Lipinski definition) is 4. The van der Waals surface area contributed by atoms with Crippen LogP contribution in [0.25, 0.3) is 0 Å². The highest BCUT2D eigenvalue weighted by atomic mass is 16.7. The van der Waals surface area contributed by atoms with Gasteiger partial charge in [-0.15, -0.1) is 0 Å². The van der Waals surface area contributed by atoms with Crippen LogP contribution >= 0.6 is 0 Å². The van der Waals surface area contributed by atoms with Gasteiger partial charge in [0.1, 0.15) is 0 Å². The second-order valence-electron chi connectivity index (χ2n) is 8.24. The van der Waals surface area contributed by atoms with E-state index in [1.165, 1.54) is 19.3 Å². The minimum Gasteiger partial charge on any atom is -0.463 e. The third kappa shape index (κ3) is 11.0. The minimum absolute atomic E-state index is 0.0208. The van der Waals surface area contributed by atoms with Crippen molar-refractivity contribution in [2.45, 2.75) is 79.4 Å². The molecule has 0 saturated carbocycles. The van der Waals surface area contributed by atoms with Crippen LogP contribution in [-0.2, 0) is 19.0 Å². The average Bonchev–Trinajstić information content (AvgIpc) is 2.59. The fourth-order valence-corrected chi connectivity index (χ4v) is 3.89. The van der Waals surface area contributed by atoms with Crippen molar-refractivity contribution in [1.29, 1.82) is 0 Å². The van der Waals surface area contributed by atoms with E-state index in [4.69, 9.17) is 14.2 Å². The number of carbonyl (C=O) groups excluding carboxylic acids is 1. The lowest BCUT2D eigenvalue weighted by molar-refractivity contribution is -0.168. The monoisotopic (exact) mass is 368 g/mol. The van der Waals surface area contributed by atoms with Crippen molar-refractivity contribution < 1.29 is 19.0 Å². The molecule has 5 atom stereocenters. The fraction of sp³-hybridized carbons (Fsp3) is 0.864. The molecule has 0 bridgehead atoms. The van der Waals surface area contributed by atoms with Crippen LogP contribution in [-0.4, -0.2) is 32.1 Å².